The Labute approximate surface area is 96.5 Å². The minimum atomic E-state index is -0.260. The molecule has 2 N–H and O–H groups in total. The normalized spacial score (nSPS) is 10.9. The van der Waals surface area contributed by atoms with Crippen molar-refractivity contribution in [3.8, 4) is 11.1 Å². The van der Waals surface area contributed by atoms with E-state index in [-0.39, 0.29) is 11.8 Å². The number of hydrogen-bond donors (Lipinski definition) is 1. The first kappa shape index (κ1) is 9.77. The summed E-state index contributed by atoms with van der Waals surface area (Å²) in [5.74, 6) is -0.0555. The van der Waals surface area contributed by atoms with Crippen molar-refractivity contribution in [1.82, 2.24) is 14.6 Å². The van der Waals surface area contributed by atoms with E-state index >= 15 is 0 Å². The van der Waals surface area contributed by atoms with Gasteiger partial charge in [-0.25, -0.2) is 8.91 Å². The van der Waals surface area contributed by atoms with Gasteiger partial charge in [0.25, 0.3) is 0 Å². The number of nitrogens with zero attached hydrogens (tertiary/aromatic N) is 3. The Hall–Kier alpha value is -2.43. The topological polar surface area (TPSA) is 56.2 Å². The molecule has 0 radical (unpaired) electrons. The van der Waals surface area contributed by atoms with Gasteiger partial charge in [0.2, 0.25) is 5.95 Å². The van der Waals surface area contributed by atoms with Gasteiger partial charge in [-0.2, -0.15) is 4.98 Å². The lowest BCUT2D eigenvalue weighted by Crippen LogP contribution is -1.90. The standard InChI is InChI=1S/C12H9FN4/c13-10-4-2-1-3-9(10)8-5-6-17-11(7-8)15-12(14)16-17/h1-7H,(H2,14,16). The minimum absolute atomic E-state index is 0.204. The zero-order valence-electron chi connectivity index (χ0n) is 8.84. The van der Waals surface area contributed by atoms with Crippen LogP contribution in [0.4, 0.5) is 10.3 Å². The van der Waals surface area contributed by atoms with Crippen LogP contribution in [0.2, 0.25) is 0 Å². The van der Waals surface area contributed by atoms with Crippen LogP contribution in [-0.4, -0.2) is 14.6 Å². The summed E-state index contributed by atoms with van der Waals surface area (Å²) in [6, 6.07) is 10.1. The fourth-order valence-corrected chi connectivity index (χ4v) is 1.76. The molecule has 0 saturated heterocycles. The van der Waals surface area contributed by atoms with Crippen LogP contribution in [0.15, 0.2) is 42.6 Å². The summed E-state index contributed by atoms with van der Waals surface area (Å²) in [7, 11) is 0. The average Bonchev–Trinajstić information content (AvgIpc) is 2.68. The van der Waals surface area contributed by atoms with Crippen molar-refractivity contribution < 1.29 is 4.39 Å². The third kappa shape index (κ3) is 1.61. The molecular weight excluding hydrogens is 219 g/mol. The molecule has 0 aliphatic rings. The van der Waals surface area contributed by atoms with Gasteiger partial charge in [0, 0.05) is 11.8 Å². The van der Waals surface area contributed by atoms with E-state index in [4.69, 9.17) is 5.73 Å². The van der Waals surface area contributed by atoms with Crippen LogP contribution in [0.5, 0.6) is 0 Å². The second-order valence-electron chi connectivity index (χ2n) is 3.67. The van der Waals surface area contributed by atoms with E-state index in [2.05, 4.69) is 10.1 Å². The summed E-state index contributed by atoms with van der Waals surface area (Å²) in [4.78, 5) is 4.04. The van der Waals surface area contributed by atoms with Crippen molar-refractivity contribution in [1.29, 1.82) is 0 Å². The Balaban J connectivity index is 2.21. The van der Waals surface area contributed by atoms with Crippen LogP contribution in [0.1, 0.15) is 0 Å². The molecule has 3 rings (SSSR count). The van der Waals surface area contributed by atoms with Crippen LogP contribution in [0, 0.1) is 5.82 Å². The number of fused-ring (bicyclic) bond motifs is 1. The summed E-state index contributed by atoms with van der Waals surface area (Å²) < 4.78 is 15.2. The predicted octanol–water partition coefficient (Wildman–Crippen LogP) is 2.12. The van der Waals surface area contributed by atoms with Gasteiger partial charge in [-0.05, 0) is 23.8 Å². The summed E-state index contributed by atoms with van der Waals surface area (Å²) >= 11 is 0. The van der Waals surface area contributed by atoms with E-state index in [1.165, 1.54) is 6.07 Å². The predicted molar refractivity (Wildman–Crippen MR) is 62.8 cm³/mol. The molecule has 4 nitrogen and oxygen atoms in total. The molecule has 0 unspecified atom stereocenters. The van der Waals surface area contributed by atoms with Gasteiger partial charge in [-0.1, -0.05) is 18.2 Å². The number of hydrogen-bond acceptors (Lipinski definition) is 3. The zero-order chi connectivity index (χ0) is 11.8. The van der Waals surface area contributed by atoms with Crippen LogP contribution < -0.4 is 5.73 Å². The number of benzene rings is 1. The van der Waals surface area contributed by atoms with Crippen molar-refractivity contribution in [2.24, 2.45) is 0 Å². The summed E-state index contributed by atoms with van der Waals surface area (Å²) in [5.41, 5.74) is 7.38. The Morgan fingerprint density at radius 2 is 2.00 bits per heavy atom. The molecule has 0 bridgehead atoms. The summed E-state index contributed by atoms with van der Waals surface area (Å²) in [6.07, 6.45) is 1.71. The molecule has 2 aromatic heterocycles. The Morgan fingerprint density at radius 1 is 1.18 bits per heavy atom. The maximum absolute atomic E-state index is 13.6. The van der Waals surface area contributed by atoms with Crippen LogP contribution in [0.25, 0.3) is 16.8 Å². The maximum atomic E-state index is 13.6. The van der Waals surface area contributed by atoms with E-state index < -0.39 is 0 Å². The lowest BCUT2D eigenvalue weighted by atomic mass is 10.1. The maximum Gasteiger partial charge on any atom is 0.240 e. The second kappa shape index (κ2) is 3.55. The van der Waals surface area contributed by atoms with E-state index in [9.17, 15) is 4.39 Å². The largest absolute Gasteiger partial charge is 0.366 e. The molecule has 0 atom stereocenters. The Morgan fingerprint density at radius 3 is 2.82 bits per heavy atom. The molecule has 84 valence electrons. The summed E-state index contributed by atoms with van der Waals surface area (Å²) in [5, 5.41) is 3.96. The number of anilines is 1. The van der Waals surface area contributed by atoms with Crippen molar-refractivity contribution in [3.63, 3.8) is 0 Å². The molecule has 0 aliphatic carbocycles. The van der Waals surface area contributed by atoms with Gasteiger partial charge in [-0.15, -0.1) is 5.10 Å². The smallest absolute Gasteiger partial charge is 0.240 e. The van der Waals surface area contributed by atoms with Crippen molar-refractivity contribution in [3.05, 3.63) is 48.4 Å². The third-order valence-electron chi connectivity index (χ3n) is 2.54. The van der Waals surface area contributed by atoms with Crippen LogP contribution >= 0.6 is 0 Å². The monoisotopic (exact) mass is 228 g/mol. The lowest BCUT2D eigenvalue weighted by molar-refractivity contribution is 0.631. The molecule has 17 heavy (non-hydrogen) atoms. The first-order valence-corrected chi connectivity index (χ1v) is 5.11. The van der Waals surface area contributed by atoms with E-state index in [0.717, 1.165) is 5.56 Å². The molecule has 0 amide bonds. The van der Waals surface area contributed by atoms with E-state index in [1.807, 2.05) is 0 Å². The fourth-order valence-electron chi connectivity index (χ4n) is 1.76. The number of rotatable bonds is 1. The minimum Gasteiger partial charge on any atom is -0.366 e. The van der Waals surface area contributed by atoms with Crippen molar-refractivity contribution >= 4 is 11.6 Å². The molecule has 0 spiro atoms. The molecule has 3 aromatic rings. The summed E-state index contributed by atoms with van der Waals surface area (Å²) in [6.45, 7) is 0. The third-order valence-corrected chi connectivity index (χ3v) is 2.54. The van der Waals surface area contributed by atoms with Gasteiger partial charge in [0.15, 0.2) is 5.65 Å². The highest BCUT2D eigenvalue weighted by molar-refractivity contribution is 5.67. The van der Waals surface area contributed by atoms with Gasteiger partial charge in [-0.3, -0.25) is 0 Å². The van der Waals surface area contributed by atoms with Crippen LogP contribution in [0.3, 0.4) is 0 Å². The first-order valence-electron chi connectivity index (χ1n) is 5.11. The van der Waals surface area contributed by atoms with E-state index in [0.29, 0.717) is 11.2 Å². The van der Waals surface area contributed by atoms with Gasteiger partial charge >= 0.3 is 0 Å². The van der Waals surface area contributed by atoms with Gasteiger partial charge in [0.1, 0.15) is 5.82 Å². The molecule has 0 aliphatic heterocycles. The molecule has 0 saturated carbocycles. The molecular formula is C12H9FN4. The molecule has 2 heterocycles. The fraction of sp³-hybridized carbons (Fsp3) is 0. The zero-order valence-corrected chi connectivity index (χ0v) is 8.84. The van der Waals surface area contributed by atoms with Gasteiger partial charge < -0.3 is 5.73 Å². The molecule has 5 heteroatoms. The Bertz CT molecular complexity index is 690. The lowest BCUT2D eigenvalue weighted by Gasteiger charge is -2.02. The Kier molecular flexibility index (Phi) is 2.04. The van der Waals surface area contributed by atoms with Gasteiger partial charge in [0.05, 0.1) is 0 Å². The number of aromatic nitrogens is 3. The van der Waals surface area contributed by atoms with E-state index in [1.54, 1.807) is 41.0 Å². The SMILES string of the molecule is Nc1nc2cc(-c3ccccc3F)ccn2n1. The van der Waals surface area contributed by atoms with Crippen molar-refractivity contribution in [2.75, 3.05) is 5.73 Å². The quantitative estimate of drug-likeness (QED) is 0.694. The number of pyridine rings is 1. The highest BCUT2D eigenvalue weighted by Gasteiger charge is 2.06. The second-order valence-corrected chi connectivity index (χ2v) is 3.67. The molecule has 0 fully saturated rings. The van der Waals surface area contributed by atoms with Crippen LogP contribution in [-0.2, 0) is 0 Å². The molecule has 1 aromatic carbocycles. The average molecular weight is 228 g/mol. The highest BCUT2D eigenvalue weighted by Crippen LogP contribution is 2.23. The highest BCUT2D eigenvalue weighted by atomic mass is 19.1. The number of nitrogen functional groups attached to an aromatic ring is 1. The number of nitrogens with two attached hydrogens (primary N) is 1. The first-order chi connectivity index (χ1) is 8.24. The van der Waals surface area contributed by atoms with Crippen molar-refractivity contribution in [2.45, 2.75) is 0 Å². The number of halogens is 1.